The molecule has 3 aromatic rings. The van der Waals surface area contributed by atoms with E-state index >= 15 is 0 Å². The summed E-state index contributed by atoms with van der Waals surface area (Å²) in [7, 11) is 0. The van der Waals surface area contributed by atoms with Gasteiger partial charge in [0.1, 0.15) is 0 Å². The molecule has 0 bridgehead atoms. The van der Waals surface area contributed by atoms with Gasteiger partial charge in [-0.3, -0.25) is 4.79 Å². The van der Waals surface area contributed by atoms with Gasteiger partial charge < -0.3 is 10.6 Å². The molecule has 0 fully saturated rings. The number of unbranched alkanes of at least 4 members (excludes halogenated alkanes) is 1. The van der Waals surface area contributed by atoms with Crippen molar-refractivity contribution in [2.24, 2.45) is 0 Å². The fourth-order valence-corrected chi connectivity index (χ4v) is 3.34. The van der Waals surface area contributed by atoms with Crippen molar-refractivity contribution in [3.63, 3.8) is 0 Å². The van der Waals surface area contributed by atoms with Crippen molar-refractivity contribution in [1.82, 2.24) is 0 Å². The second kappa shape index (κ2) is 9.63. The molecule has 0 spiro atoms. The minimum absolute atomic E-state index is 0.151. The third-order valence-electron chi connectivity index (χ3n) is 4.35. The van der Waals surface area contributed by atoms with Gasteiger partial charge in [-0.1, -0.05) is 48.7 Å². The molecule has 0 saturated heterocycles. The quantitative estimate of drug-likeness (QED) is 0.405. The molecule has 0 aromatic heterocycles. The Hall–Kier alpha value is -2.49. The molecular formula is C23H22Cl2N2O. The summed E-state index contributed by atoms with van der Waals surface area (Å²) >= 11 is 12.1. The molecule has 2 N–H and O–H groups in total. The third kappa shape index (κ3) is 5.51. The lowest BCUT2D eigenvalue weighted by atomic mass is 10.0. The van der Waals surface area contributed by atoms with Gasteiger partial charge in [0.2, 0.25) is 0 Å². The first-order valence-electron chi connectivity index (χ1n) is 9.27. The zero-order chi connectivity index (χ0) is 19.9. The number of nitrogens with one attached hydrogen (secondary N) is 2. The molecule has 3 rings (SSSR count). The van der Waals surface area contributed by atoms with Crippen LogP contribution in [0.1, 0.15) is 30.1 Å². The number of amides is 1. The first-order valence-corrected chi connectivity index (χ1v) is 10.0. The van der Waals surface area contributed by atoms with Crippen molar-refractivity contribution in [3.8, 4) is 11.1 Å². The SMILES string of the molecule is CCCCNc1ccc(NC(=O)c2ccc(-c3cc(Cl)cc(Cl)c3)cc2)cc1. The summed E-state index contributed by atoms with van der Waals surface area (Å²) < 4.78 is 0. The van der Waals surface area contributed by atoms with Crippen LogP contribution in [0.25, 0.3) is 11.1 Å². The number of hydrogen-bond acceptors (Lipinski definition) is 2. The van der Waals surface area contributed by atoms with Crippen LogP contribution in [-0.4, -0.2) is 12.5 Å². The molecule has 0 aliphatic carbocycles. The number of halogens is 2. The monoisotopic (exact) mass is 412 g/mol. The number of carbonyl (C=O) groups is 1. The molecule has 0 saturated carbocycles. The fraction of sp³-hybridized carbons (Fsp3) is 0.174. The van der Waals surface area contributed by atoms with E-state index in [1.165, 1.54) is 0 Å². The highest BCUT2D eigenvalue weighted by molar-refractivity contribution is 6.35. The van der Waals surface area contributed by atoms with E-state index in [1.54, 1.807) is 18.2 Å². The molecule has 3 nitrogen and oxygen atoms in total. The van der Waals surface area contributed by atoms with Gasteiger partial charge in [-0.15, -0.1) is 0 Å². The molecule has 0 atom stereocenters. The molecule has 0 radical (unpaired) electrons. The van der Waals surface area contributed by atoms with E-state index in [4.69, 9.17) is 23.2 Å². The smallest absolute Gasteiger partial charge is 0.255 e. The topological polar surface area (TPSA) is 41.1 Å². The van der Waals surface area contributed by atoms with Crippen LogP contribution in [0.4, 0.5) is 11.4 Å². The third-order valence-corrected chi connectivity index (χ3v) is 4.78. The molecule has 5 heteroatoms. The standard InChI is InChI=1S/C23H22Cl2N2O/c1-2-3-12-26-21-8-10-22(11-9-21)27-23(28)17-6-4-16(5-7-17)18-13-19(24)15-20(25)14-18/h4-11,13-15,26H,2-3,12H2,1H3,(H,27,28). The summed E-state index contributed by atoms with van der Waals surface area (Å²) in [6, 6.07) is 20.5. The fourth-order valence-electron chi connectivity index (χ4n) is 2.82. The Morgan fingerprint density at radius 3 is 2.04 bits per heavy atom. The van der Waals surface area contributed by atoms with Crippen LogP contribution in [0.3, 0.4) is 0 Å². The Kier molecular flexibility index (Phi) is 6.96. The van der Waals surface area contributed by atoms with Gasteiger partial charge in [-0.25, -0.2) is 0 Å². The van der Waals surface area contributed by atoms with Gasteiger partial charge in [0.15, 0.2) is 0 Å². The second-order valence-electron chi connectivity index (χ2n) is 6.55. The lowest BCUT2D eigenvalue weighted by molar-refractivity contribution is 0.102. The van der Waals surface area contributed by atoms with Crippen molar-refractivity contribution >= 4 is 40.5 Å². The first kappa shape index (κ1) is 20.2. The van der Waals surface area contributed by atoms with Gasteiger partial charge in [-0.05, 0) is 72.1 Å². The normalized spacial score (nSPS) is 10.5. The Balaban J connectivity index is 1.64. The molecular weight excluding hydrogens is 391 g/mol. The zero-order valence-corrected chi connectivity index (χ0v) is 17.1. The largest absolute Gasteiger partial charge is 0.385 e. The van der Waals surface area contributed by atoms with Gasteiger partial charge in [0, 0.05) is 33.5 Å². The minimum atomic E-state index is -0.151. The van der Waals surface area contributed by atoms with E-state index in [9.17, 15) is 4.79 Å². The summed E-state index contributed by atoms with van der Waals surface area (Å²) in [4.78, 5) is 12.5. The van der Waals surface area contributed by atoms with E-state index in [2.05, 4.69) is 17.6 Å². The van der Waals surface area contributed by atoms with Crippen LogP contribution in [0.15, 0.2) is 66.7 Å². The summed E-state index contributed by atoms with van der Waals surface area (Å²) in [5.41, 5.74) is 4.26. The average Bonchev–Trinajstić information content (AvgIpc) is 2.69. The van der Waals surface area contributed by atoms with Crippen molar-refractivity contribution in [2.75, 3.05) is 17.2 Å². The minimum Gasteiger partial charge on any atom is -0.385 e. The average molecular weight is 413 g/mol. The first-order chi connectivity index (χ1) is 13.5. The van der Waals surface area contributed by atoms with E-state index in [0.717, 1.165) is 41.9 Å². The van der Waals surface area contributed by atoms with Gasteiger partial charge >= 0.3 is 0 Å². The van der Waals surface area contributed by atoms with Crippen molar-refractivity contribution < 1.29 is 4.79 Å². The number of hydrogen-bond donors (Lipinski definition) is 2. The molecule has 0 aliphatic rings. The van der Waals surface area contributed by atoms with Crippen molar-refractivity contribution in [2.45, 2.75) is 19.8 Å². The molecule has 0 heterocycles. The maximum atomic E-state index is 12.5. The van der Waals surface area contributed by atoms with Gasteiger partial charge in [0.05, 0.1) is 0 Å². The van der Waals surface area contributed by atoms with Crippen molar-refractivity contribution in [1.29, 1.82) is 0 Å². The van der Waals surface area contributed by atoms with Crippen LogP contribution in [0.2, 0.25) is 10.0 Å². The van der Waals surface area contributed by atoms with E-state index in [0.29, 0.717) is 15.6 Å². The highest BCUT2D eigenvalue weighted by atomic mass is 35.5. The van der Waals surface area contributed by atoms with E-state index in [-0.39, 0.29) is 5.91 Å². The number of rotatable bonds is 7. The molecule has 144 valence electrons. The van der Waals surface area contributed by atoms with Crippen molar-refractivity contribution in [3.05, 3.63) is 82.3 Å². The number of carbonyl (C=O) groups excluding carboxylic acids is 1. The highest BCUT2D eigenvalue weighted by Crippen LogP contribution is 2.27. The summed E-state index contributed by atoms with van der Waals surface area (Å²) in [5.74, 6) is -0.151. The number of anilines is 2. The summed E-state index contributed by atoms with van der Waals surface area (Å²) in [5, 5.41) is 7.44. The van der Waals surface area contributed by atoms with Gasteiger partial charge in [0.25, 0.3) is 5.91 Å². The van der Waals surface area contributed by atoms with Crippen LogP contribution in [0.5, 0.6) is 0 Å². The lowest BCUT2D eigenvalue weighted by Gasteiger charge is -2.09. The highest BCUT2D eigenvalue weighted by Gasteiger charge is 2.08. The predicted molar refractivity (Wildman–Crippen MR) is 120 cm³/mol. The molecule has 1 amide bonds. The number of benzene rings is 3. The van der Waals surface area contributed by atoms with Crippen LogP contribution < -0.4 is 10.6 Å². The zero-order valence-electron chi connectivity index (χ0n) is 15.6. The van der Waals surface area contributed by atoms with Crippen LogP contribution in [-0.2, 0) is 0 Å². The lowest BCUT2D eigenvalue weighted by Crippen LogP contribution is -2.11. The summed E-state index contributed by atoms with van der Waals surface area (Å²) in [6.45, 7) is 3.11. The molecule has 0 unspecified atom stereocenters. The Labute approximate surface area is 175 Å². The van der Waals surface area contributed by atoms with E-state index in [1.807, 2.05) is 48.5 Å². The maximum Gasteiger partial charge on any atom is 0.255 e. The second-order valence-corrected chi connectivity index (χ2v) is 7.42. The molecule has 0 aliphatic heterocycles. The molecule has 28 heavy (non-hydrogen) atoms. The maximum absolute atomic E-state index is 12.5. The Morgan fingerprint density at radius 2 is 1.43 bits per heavy atom. The Bertz CT molecular complexity index is 918. The predicted octanol–water partition coefficient (Wildman–Crippen LogP) is 7.12. The molecule has 3 aromatic carbocycles. The van der Waals surface area contributed by atoms with Crippen LogP contribution >= 0.6 is 23.2 Å². The summed E-state index contributed by atoms with van der Waals surface area (Å²) in [6.07, 6.45) is 2.29. The van der Waals surface area contributed by atoms with E-state index < -0.39 is 0 Å². The van der Waals surface area contributed by atoms with Gasteiger partial charge in [-0.2, -0.15) is 0 Å². The van der Waals surface area contributed by atoms with Crippen LogP contribution in [0, 0.1) is 0 Å². The Morgan fingerprint density at radius 1 is 0.821 bits per heavy atom.